The smallest absolute Gasteiger partial charge is 0.294 e. The second kappa shape index (κ2) is 7.50. The Hall–Kier alpha value is -3.32. The lowest BCUT2D eigenvalue weighted by atomic mass is 9.94. The van der Waals surface area contributed by atoms with Crippen LogP contribution in [0.3, 0.4) is 0 Å². The molecule has 30 heavy (non-hydrogen) atoms. The molecule has 0 bridgehead atoms. The maximum absolute atomic E-state index is 13.6. The van der Waals surface area contributed by atoms with Crippen molar-refractivity contribution in [2.75, 3.05) is 4.90 Å². The van der Waals surface area contributed by atoms with Gasteiger partial charge < -0.3 is 5.11 Å². The number of aliphatic hydroxyl groups is 1. The molecule has 1 aliphatic rings. The van der Waals surface area contributed by atoms with Gasteiger partial charge in [-0.25, -0.2) is 9.37 Å². The van der Waals surface area contributed by atoms with Gasteiger partial charge >= 0.3 is 0 Å². The van der Waals surface area contributed by atoms with Gasteiger partial charge in [-0.05, 0) is 50.6 Å². The lowest BCUT2D eigenvalue weighted by Crippen LogP contribution is -2.31. The van der Waals surface area contributed by atoms with Crippen molar-refractivity contribution >= 4 is 28.7 Å². The molecule has 0 fully saturated rings. The van der Waals surface area contributed by atoms with Gasteiger partial charge in [-0.15, -0.1) is 11.3 Å². The van der Waals surface area contributed by atoms with Crippen LogP contribution in [-0.4, -0.2) is 21.8 Å². The highest BCUT2D eigenvalue weighted by molar-refractivity contribution is 7.14. The predicted octanol–water partition coefficient (Wildman–Crippen LogP) is 4.99. The van der Waals surface area contributed by atoms with Crippen molar-refractivity contribution in [1.82, 2.24) is 4.98 Å². The van der Waals surface area contributed by atoms with Gasteiger partial charge in [0.15, 0.2) is 5.76 Å². The molecule has 2 heterocycles. The van der Waals surface area contributed by atoms with Crippen LogP contribution >= 0.6 is 11.3 Å². The highest BCUT2D eigenvalue weighted by Gasteiger charge is 2.45. The summed E-state index contributed by atoms with van der Waals surface area (Å²) in [7, 11) is 0. The molecule has 1 N–H and O–H groups in total. The number of halogens is 1. The average Bonchev–Trinajstić information content (AvgIpc) is 3.19. The van der Waals surface area contributed by atoms with Gasteiger partial charge in [0.2, 0.25) is 5.78 Å². The molecule has 4 rings (SSSR count). The zero-order valence-corrected chi connectivity index (χ0v) is 17.5. The zero-order chi connectivity index (χ0) is 21.6. The van der Waals surface area contributed by atoms with Gasteiger partial charge in [0.1, 0.15) is 5.82 Å². The SMILES string of the molecule is Cc1ccc(N2C(=O)C(O)=C(C(=O)c3sc(C)nc3C)C2c2ccc(F)cc2)cc1. The molecule has 7 heteroatoms. The van der Waals surface area contributed by atoms with E-state index in [4.69, 9.17) is 0 Å². The van der Waals surface area contributed by atoms with E-state index in [9.17, 15) is 19.1 Å². The number of aliphatic hydroxyl groups excluding tert-OH is 1. The average molecular weight is 422 g/mol. The molecule has 1 aromatic heterocycles. The first kappa shape index (κ1) is 20.0. The molecule has 0 saturated heterocycles. The van der Waals surface area contributed by atoms with E-state index in [1.165, 1.54) is 40.5 Å². The molecule has 2 aromatic carbocycles. The Kier molecular flexibility index (Phi) is 4.99. The van der Waals surface area contributed by atoms with Crippen molar-refractivity contribution in [3.63, 3.8) is 0 Å². The Bertz CT molecular complexity index is 1180. The normalized spacial score (nSPS) is 16.5. The second-order valence-corrected chi connectivity index (χ2v) is 8.41. The summed E-state index contributed by atoms with van der Waals surface area (Å²) >= 11 is 1.22. The van der Waals surface area contributed by atoms with Crippen molar-refractivity contribution in [3.8, 4) is 0 Å². The quantitative estimate of drug-likeness (QED) is 0.602. The van der Waals surface area contributed by atoms with Crippen LogP contribution in [0.1, 0.15) is 37.5 Å². The maximum Gasteiger partial charge on any atom is 0.294 e. The molecule has 5 nitrogen and oxygen atoms in total. The minimum atomic E-state index is -0.880. The second-order valence-electron chi connectivity index (χ2n) is 7.20. The van der Waals surface area contributed by atoms with Crippen molar-refractivity contribution in [3.05, 3.63) is 92.4 Å². The van der Waals surface area contributed by atoms with E-state index in [0.29, 0.717) is 26.8 Å². The third-order valence-electron chi connectivity index (χ3n) is 5.06. The van der Waals surface area contributed by atoms with E-state index in [2.05, 4.69) is 4.98 Å². The summed E-state index contributed by atoms with van der Waals surface area (Å²) in [5.41, 5.74) is 2.58. The third kappa shape index (κ3) is 3.31. The summed E-state index contributed by atoms with van der Waals surface area (Å²) in [5.74, 6) is -2.15. The summed E-state index contributed by atoms with van der Waals surface area (Å²) in [6, 6.07) is 11.9. The standard InChI is InChI=1S/C23H19FN2O3S/c1-12-4-10-17(11-5-12)26-19(15-6-8-16(24)9-7-15)18(21(28)23(26)29)20(27)22-13(2)25-14(3)30-22/h4-11,19,28H,1-3H3. The number of ketones is 1. The van der Waals surface area contributed by atoms with Gasteiger partial charge in [0.05, 0.1) is 27.2 Å². The monoisotopic (exact) mass is 422 g/mol. The molecular weight excluding hydrogens is 403 g/mol. The molecule has 1 atom stereocenters. The summed E-state index contributed by atoms with van der Waals surface area (Å²) in [5, 5.41) is 11.5. The van der Waals surface area contributed by atoms with Gasteiger partial charge in [-0.3, -0.25) is 14.5 Å². The molecule has 3 aromatic rings. The zero-order valence-electron chi connectivity index (χ0n) is 16.6. The first-order chi connectivity index (χ1) is 14.3. The Morgan fingerprint density at radius 1 is 1.07 bits per heavy atom. The minimum absolute atomic E-state index is 0.0288. The number of amides is 1. The number of nitrogens with zero attached hydrogens (tertiary/aromatic N) is 2. The minimum Gasteiger partial charge on any atom is -0.503 e. The van der Waals surface area contributed by atoms with Gasteiger partial charge in [-0.2, -0.15) is 0 Å². The number of rotatable bonds is 4. The predicted molar refractivity (Wildman–Crippen MR) is 113 cm³/mol. The molecule has 0 spiro atoms. The molecule has 0 saturated carbocycles. The van der Waals surface area contributed by atoms with Crippen LogP contribution < -0.4 is 4.90 Å². The Morgan fingerprint density at radius 3 is 2.27 bits per heavy atom. The third-order valence-corrected chi connectivity index (χ3v) is 6.13. The van der Waals surface area contributed by atoms with E-state index in [0.717, 1.165) is 5.56 Å². The number of benzene rings is 2. The van der Waals surface area contributed by atoms with E-state index >= 15 is 0 Å². The Morgan fingerprint density at radius 2 is 1.70 bits per heavy atom. The molecule has 152 valence electrons. The van der Waals surface area contributed by atoms with Crippen LogP contribution in [0.2, 0.25) is 0 Å². The van der Waals surface area contributed by atoms with Crippen molar-refractivity contribution < 1.29 is 19.1 Å². The maximum atomic E-state index is 13.6. The van der Waals surface area contributed by atoms with Crippen molar-refractivity contribution in [2.45, 2.75) is 26.8 Å². The Labute approximate surface area is 177 Å². The first-order valence-corrected chi connectivity index (χ1v) is 10.2. The largest absolute Gasteiger partial charge is 0.503 e. The lowest BCUT2D eigenvalue weighted by Gasteiger charge is -2.27. The summed E-state index contributed by atoms with van der Waals surface area (Å²) in [6.45, 7) is 5.43. The van der Waals surface area contributed by atoms with Crippen LogP contribution in [0, 0.1) is 26.6 Å². The molecule has 1 aliphatic heterocycles. The van der Waals surface area contributed by atoms with Gasteiger partial charge in [-0.1, -0.05) is 29.8 Å². The number of anilines is 1. The molecule has 0 radical (unpaired) electrons. The highest BCUT2D eigenvalue weighted by Crippen LogP contribution is 2.42. The van der Waals surface area contributed by atoms with E-state index in [-0.39, 0.29) is 5.57 Å². The number of aryl methyl sites for hydroxylation is 3. The molecule has 0 aliphatic carbocycles. The highest BCUT2D eigenvalue weighted by atomic mass is 32.1. The Balaban J connectivity index is 1.89. The van der Waals surface area contributed by atoms with Gasteiger partial charge in [0, 0.05) is 5.69 Å². The number of carbonyl (C=O) groups is 2. The number of hydrogen-bond donors (Lipinski definition) is 1. The molecule has 1 amide bonds. The number of aromatic nitrogens is 1. The number of carbonyl (C=O) groups excluding carboxylic acids is 2. The molecule has 1 unspecified atom stereocenters. The number of thiazole rings is 1. The van der Waals surface area contributed by atoms with Crippen LogP contribution in [0.25, 0.3) is 0 Å². The van der Waals surface area contributed by atoms with Crippen LogP contribution in [-0.2, 0) is 4.79 Å². The number of hydrogen-bond acceptors (Lipinski definition) is 5. The summed E-state index contributed by atoms with van der Waals surface area (Å²) in [6.07, 6.45) is 0. The van der Waals surface area contributed by atoms with E-state index < -0.39 is 29.3 Å². The van der Waals surface area contributed by atoms with Crippen LogP contribution in [0.4, 0.5) is 10.1 Å². The fraction of sp³-hybridized carbons (Fsp3) is 0.174. The van der Waals surface area contributed by atoms with Crippen LogP contribution in [0.5, 0.6) is 0 Å². The molecular formula is C23H19FN2O3S. The van der Waals surface area contributed by atoms with Gasteiger partial charge in [0.25, 0.3) is 5.91 Å². The van der Waals surface area contributed by atoms with E-state index in [1.807, 2.05) is 19.1 Å². The number of Topliss-reactive ketones (excluding diaryl/α,β-unsaturated/α-hetero) is 1. The topological polar surface area (TPSA) is 70.5 Å². The summed E-state index contributed by atoms with van der Waals surface area (Å²) < 4.78 is 13.6. The fourth-order valence-electron chi connectivity index (χ4n) is 3.63. The van der Waals surface area contributed by atoms with Crippen molar-refractivity contribution in [1.29, 1.82) is 0 Å². The fourth-order valence-corrected chi connectivity index (χ4v) is 4.51. The van der Waals surface area contributed by atoms with Crippen LogP contribution in [0.15, 0.2) is 59.9 Å². The first-order valence-electron chi connectivity index (χ1n) is 9.35. The van der Waals surface area contributed by atoms with Crippen molar-refractivity contribution in [2.24, 2.45) is 0 Å². The van der Waals surface area contributed by atoms with E-state index in [1.54, 1.807) is 26.0 Å². The summed E-state index contributed by atoms with van der Waals surface area (Å²) in [4.78, 5) is 32.5. The lowest BCUT2D eigenvalue weighted by molar-refractivity contribution is -0.117.